The van der Waals surface area contributed by atoms with Crippen molar-refractivity contribution in [3.63, 3.8) is 0 Å². The third-order valence-corrected chi connectivity index (χ3v) is 5.72. The lowest BCUT2D eigenvalue weighted by Crippen LogP contribution is -2.35. The minimum Gasteiger partial charge on any atom is -0.478 e. The molecule has 5 nitrogen and oxygen atoms in total. The molecule has 0 bridgehead atoms. The molecule has 7 heteroatoms. The van der Waals surface area contributed by atoms with E-state index in [1.165, 1.54) is 11.3 Å². The van der Waals surface area contributed by atoms with Gasteiger partial charge in [-0.3, -0.25) is 0 Å². The van der Waals surface area contributed by atoms with Crippen molar-refractivity contribution >= 4 is 34.6 Å². The van der Waals surface area contributed by atoms with Crippen LogP contribution in [-0.2, 0) is 0 Å². The second-order valence-corrected chi connectivity index (χ2v) is 8.16. The molecule has 29 heavy (non-hydrogen) atoms. The fraction of sp³-hybridized carbons (Fsp3) is 0.227. The van der Waals surface area contributed by atoms with Gasteiger partial charge in [0.15, 0.2) is 0 Å². The van der Waals surface area contributed by atoms with Gasteiger partial charge in [-0.25, -0.2) is 4.79 Å². The van der Waals surface area contributed by atoms with E-state index in [-0.39, 0.29) is 6.04 Å². The van der Waals surface area contributed by atoms with Crippen LogP contribution in [0.2, 0.25) is 5.02 Å². The number of thiophene rings is 1. The predicted molar refractivity (Wildman–Crippen MR) is 119 cm³/mol. The van der Waals surface area contributed by atoms with Crippen LogP contribution in [0.5, 0.6) is 0 Å². The maximum absolute atomic E-state index is 11.4. The zero-order valence-corrected chi connectivity index (χ0v) is 17.5. The largest absolute Gasteiger partial charge is 0.478 e. The molecule has 0 spiro atoms. The van der Waals surface area contributed by atoms with E-state index in [4.69, 9.17) is 11.6 Å². The zero-order chi connectivity index (χ0) is 20.8. The summed E-state index contributed by atoms with van der Waals surface area (Å²) in [5, 5.41) is 28.7. The van der Waals surface area contributed by atoms with Crippen molar-refractivity contribution in [2.75, 3.05) is 18.4 Å². The van der Waals surface area contributed by atoms with Crippen LogP contribution in [-0.4, -0.2) is 35.3 Å². The summed E-state index contributed by atoms with van der Waals surface area (Å²) >= 11 is 7.39. The van der Waals surface area contributed by atoms with E-state index < -0.39 is 12.1 Å². The van der Waals surface area contributed by atoms with Gasteiger partial charge in [-0.05, 0) is 53.8 Å². The maximum atomic E-state index is 11.4. The Bertz CT molecular complexity index is 976. The molecule has 0 saturated carbocycles. The molecule has 152 valence electrons. The Morgan fingerprint density at radius 2 is 1.93 bits per heavy atom. The van der Waals surface area contributed by atoms with Gasteiger partial charge in [0.1, 0.15) is 0 Å². The van der Waals surface area contributed by atoms with Gasteiger partial charge in [0.05, 0.1) is 11.7 Å². The molecule has 1 aromatic heterocycles. The van der Waals surface area contributed by atoms with E-state index >= 15 is 0 Å². The van der Waals surface area contributed by atoms with Gasteiger partial charge in [-0.15, -0.1) is 11.3 Å². The summed E-state index contributed by atoms with van der Waals surface area (Å²) < 4.78 is 0. The highest BCUT2D eigenvalue weighted by molar-refractivity contribution is 7.14. The molecule has 0 aliphatic heterocycles. The van der Waals surface area contributed by atoms with Crippen molar-refractivity contribution in [1.82, 2.24) is 5.32 Å². The molecule has 2 aromatic carbocycles. The molecule has 0 radical (unpaired) electrons. The fourth-order valence-electron chi connectivity index (χ4n) is 2.96. The van der Waals surface area contributed by atoms with Crippen molar-refractivity contribution in [3.05, 3.63) is 76.1 Å². The molecule has 0 fully saturated rings. The number of carboxylic acid groups (broad SMARTS) is 1. The number of hydrogen-bond acceptors (Lipinski definition) is 5. The summed E-state index contributed by atoms with van der Waals surface area (Å²) in [5.74, 6) is -0.921. The number of aliphatic hydroxyl groups is 1. The van der Waals surface area contributed by atoms with Crippen molar-refractivity contribution in [2.45, 2.75) is 19.1 Å². The zero-order valence-electron chi connectivity index (χ0n) is 15.9. The SMILES string of the molecule is C[C@H](CNc1cccc(-c2sccc2C(=O)O)c1)NC[C@H](O)c1cccc(Cl)c1. The van der Waals surface area contributed by atoms with Crippen molar-refractivity contribution in [3.8, 4) is 10.4 Å². The number of carboxylic acids is 1. The standard InChI is InChI=1S/C22H23ClN2O3S/c1-14(24-13-20(26)15-4-2-6-17(23)10-15)12-25-18-7-3-5-16(11-18)21-19(22(27)28)8-9-29-21/h2-11,14,20,24-26H,12-13H2,1H3,(H,27,28)/t14-,20+/m1/s1. The van der Waals surface area contributed by atoms with E-state index in [0.29, 0.717) is 23.7 Å². The highest BCUT2D eigenvalue weighted by atomic mass is 35.5. The summed E-state index contributed by atoms with van der Waals surface area (Å²) in [6.07, 6.45) is -0.632. The van der Waals surface area contributed by atoms with Crippen LogP contribution < -0.4 is 10.6 Å². The molecule has 3 aromatic rings. The third-order valence-electron chi connectivity index (χ3n) is 4.53. The summed E-state index contributed by atoms with van der Waals surface area (Å²) in [7, 11) is 0. The van der Waals surface area contributed by atoms with E-state index in [1.54, 1.807) is 23.6 Å². The monoisotopic (exact) mass is 430 g/mol. The molecular weight excluding hydrogens is 408 g/mol. The lowest BCUT2D eigenvalue weighted by Gasteiger charge is -2.19. The van der Waals surface area contributed by atoms with Crippen molar-refractivity contribution in [2.24, 2.45) is 0 Å². The first-order chi connectivity index (χ1) is 13.9. The quantitative estimate of drug-likeness (QED) is 0.388. The van der Waals surface area contributed by atoms with Crippen LogP contribution in [0.3, 0.4) is 0 Å². The predicted octanol–water partition coefficient (Wildman–Crippen LogP) is 4.89. The van der Waals surface area contributed by atoms with Gasteiger partial charge in [-0.1, -0.05) is 35.9 Å². The van der Waals surface area contributed by atoms with Gasteiger partial charge in [0.25, 0.3) is 0 Å². The van der Waals surface area contributed by atoms with Gasteiger partial charge < -0.3 is 20.8 Å². The minimum absolute atomic E-state index is 0.115. The molecule has 1 heterocycles. The second-order valence-electron chi connectivity index (χ2n) is 6.81. The molecule has 0 saturated heterocycles. The van der Waals surface area contributed by atoms with Crippen LogP contribution in [0.4, 0.5) is 5.69 Å². The first-order valence-electron chi connectivity index (χ1n) is 9.26. The second kappa shape index (κ2) is 9.89. The Hall–Kier alpha value is -2.38. The number of hydrogen-bond donors (Lipinski definition) is 4. The van der Waals surface area contributed by atoms with E-state index in [9.17, 15) is 15.0 Å². The highest BCUT2D eigenvalue weighted by Crippen LogP contribution is 2.31. The van der Waals surface area contributed by atoms with E-state index in [2.05, 4.69) is 10.6 Å². The van der Waals surface area contributed by atoms with Gasteiger partial charge >= 0.3 is 5.97 Å². The molecule has 0 unspecified atom stereocenters. The van der Waals surface area contributed by atoms with Gasteiger partial charge in [0, 0.05) is 34.7 Å². The normalized spacial score (nSPS) is 13.1. The molecule has 3 rings (SSSR count). The number of benzene rings is 2. The Labute approximate surface area is 179 Å². The highest BCUT2D eigenvalue weighted by Gasteiger charge is 2.14. The van der Waals surface area contributed by atoms with Crippen LogP contribution in [0, 0.1) is 0 Å². The Morgan fingerprint density at radius 3 is 2.69 bits per heavy atom. The van der Waals surface area contributed by atoms with E-state index in [1.807, 2.05) is 43.3 Å². The lowest BCUT2D eigenvalue weighted by atomic mass is 10.1. The molecule has 2 atom stereocenters. The first kappa shape index (κ1) is 21.3. The number of rotatable bonds is 9. The summed E-state index contributed by atoms with van der Waals surface area (Å²) in [6.45, 7) is 3.10. The number of carbonyl (C=O) groups is 1. The topological polar surface area (TPSA) is 81.6 Å². The maximum Gasteiger partial charge on any atom is 0.337 e. The molecule has 0 aliphatic carbocycles. The number of aliphatic hydroxyl groups excluding tert-OH is 1. The first-order valence-corrected chi connectivity index (χ1v) is 10.5. The van der Waals surface area contributed by atoms with Crippen LogP contribution in [0.1, 0.15) is 28.9 Å². The summed E-state index contributed by atoms with van der Waals surface area (Å²) in [5.41, 5.74) is 2.89. The molecular formula is C22H23ClN2O3S. The third kappa shape index (κ3) is 5.81. The number of halogens is 1. The summed E-state index contributed by atoms with van der Waals surface area (Å²) in [4.78, 5) is 12.1. The van der Waals surface area contributed by atoms with E-state index in [0.717, 1.165) is 21.7 Å². The van der Waals surface area contributed by atoms with Crippen LogP contribution in [0.25, 0.3) is 10.4 Å². The molecule has 4 N–H and O–H groups in total. The lowest BCUT2D eigenvalue weighted by molar-refractivity contribution is 0.0698. The summed E-state index contributed by atoms with van der Waals surface area (Å²) in [6, 6.07) is 16.7. The number of anilines is 1. The van der Waals surface area contributed by atoms with Gasteiger partial charge in [0.2, 0.25) is 0 Å². The minimum atomic E-state index is -0.921. The smallest absolute Gasteiger partial charge is 0.337 e. The van der Waals surface area contributed by atoms with Gasteiger partial charge in [-0.2, -0.15) is 0 Å². The van der Waals surface area contributed by atoms with Crippen LogP contribution >= 0.6 is 22.9 Å². The molecule has 0 amide bonds. The average Bonchev–Trinajstić information content (AvgIpc) is 3.21. The Balaban J connectivity index is 1.54. The number of aromatic carboxylic acids is 1. The number of nitrogens with one attached hydrogen (secondary N) is 2. The Kier molecular flexibility index (Phi) is 7.28. The average molecular weight is 431 g/mol. The van der Waals surface area contributed by atoms with Crippen LogP contribution in [0.15, 0.2) is 60.0 Å². The Morgan fingerprint density at radius 1 is 1.14 bits per heavy atom. The van der Waals surface area contributed by atoms with Crippen molar-refractivity contribution < 1.29 is 15.0 Å². The van der Waals surface area contributed by atoms with Crippen molar-refractivity contribution in [1.29, 1.82) is 0 Å². The molecule has 0 aliphatic rings. The fourth-order valence-corrected chi connectivity index (χ4v) is 4.04.